The van der Waals surface area contributed by atoms with E-state index in [1.807, 2.05) is 0 Å². The average molecular weight is 441 g/mol. The molecule has 0 spiro atoms. The lowest BCUT2D eigenvalue weighted by atomic mass is 9.97. The molecule has 3 N–H and O–H groups in total. The topological polar surface area (TPSA) is 121 Å². The Morgan fingerprint density at radius 2 is 2.00 bits per heavy atom. The molecule has 1 aromatic carbocycles. The number of pyridine rings is 1. The van der Waals surface area contributed by atoms with Crippen molar-refractivity contribution in [1.82, 2.24) is 15.0 Å². The minimum atomic E-state index is -0.695. The van der Waals surface area contributed by atoms with E-state index in [9.17, 15) is 19.1 Å². The van der Waals surface area contributed by atoms with Gasteiger partial charge in [-0.3, -0.25) is 9.59 Å². The summed E-state index contributed by atoms with van der Waals surface area (Å²) in [6, 6.07) is 5.40. The van der Waals surface area contributed by atoms with Crippen LogP contribution in [-0.4, -0.2) is 58.7 Å². The number of carbonyl (C=O) groups excluding carboxylic acids is 2. The number of rotatable bonds is 7. The van der Waals surface area contributed by atoms with Crippen LogP contribution < -0.4 is 10.6 Å². The number of nitrogens with zero attached hydrogens (tertiary/aromatic N) is 3. The van der Waals surface area contributed by atoms with Gasteiger partial charge in [-0.05, 0) is 43.2 Å². The quantitative estimate of drug-likeness (QED) is 0.515. The molecule has 3 aromatic rings. The fourth-order valence-electron chi connectivity index (χ4n) is 3.03. The Morgan fingerprint density at radius 1 is 1.25 bits per heavy atom. The lowest BCUT2D eigenvalue weighted by Gasteiger charge is -2.19. The van der Waals surface area contributed by atoms with Gasteiger partial charge in [0.15, 0.2) is 5.82 Å². The number of nitrogens with one attached hydrogen (secondary N) is 2. The van der Waals surface area contributed by atoms with Crippen LogP contribution in [0, 0.1) is 12.7 Å². The molecule has 2 aromatic heterocycles. The third-order valence-electron chi connectivity index (χ3n) is 4.73. The second kappa shape index (κ2) is 9.56. The van der Waals surface area contributed by atoms with E-state index in [1.54, 1.807) is 34.0 Å². The summed E-state index contributed by atoms with van der Waals surface area (Å²) >= 11 is 0. The van der Waals surface area contributed by atoms with Crippen LogP contribution in [-0.2, 0) is 0 Å². The summed E-state index contributed by atoms with van der Waals surface area (Å²) < 4.78 is 19.2. The maximum atomic E-state index is 14.6. The van der Waals surface area contributed by atoms with Gasteiger partial charge < -0.3 is 25.2 Å². The SMILES string of the molecule is Cc1cc(F)c(C(=O)Nc2ccon2)cc1-c1cnc(N[C@@H](C)CO)c(C(=O)N(C)C)c1. The van der Waals surface area contributed by atoms with Gasteiger partial charge in [0, 0.05) is 38.0 Å². The van der Waals surface area contributed by atoms with Crippen LogP contribution in [0.5, 0.6) is 0 Å². The van der Waals surface area contributed by atoms with Crippen LogP contribution in [0.3, 0.4) is 0 Å². The minimum Gasteiger partial charge on any atom is -0.394 e. The molecule has 10 heteroatoms. The number of hydrogen-bond donors (Lipinski definition) is 3. The van der Waals surface area contributed by atoms with Crippen LogP contribution in [0.25, 0.3) is 11.1 Å². The van der Waals surface area contributed by atoms with Crippen LogP contribution >= 0.6 is 0 Å². The zero-order chi connectivity index (χ0) is 23.4. The highest BCUT2D eigenvalue weighted by Crippen LogP contribution is 2.29. The van der Waals surface area contributed by atoms with Crippen molar-refractivity contribution < 1.29 is 23.6 Å². The molecule has 9 nitrogen and oxygen atoms in total. The Kier molecular flexibility index (Phi) is 6.84. The Bertz CT molecular complexity index is 1130. The third kappa shape index (κ3) is 4.92. The van der Waals surface area contributed by atoms with Gasteiger partial charge in [0.25, 0.3) is 11.8 Å². The highest BCUT2D eigenvalue weighted by atomic mass is 19.1. The van der Waals surface area contributed by atoms with Gasteiger partial charge in [-0.2, -0.15) is 0 Å². The normalized spacial score (nSPS) is 11.7. The first kappa shape index (κ1) is 22.9. The van der Waals surface area contributed by atoms with Crippen LogP contribution in [0.2, 0.25) is 0 Å². The molecule has 0 unspecified atom stereocenters. The zero-order valence-electron chi connectivity index (χ0n) is 18.1. The molecular formula is C22H24FN5O4. The fourth-order valence-corrected chi connectivity index (χ4v) is 3.03. The van der Waals surface area contributed by atoms with Crippen molar-refractivity contribution in [2.75, 3.05) is 31.3 Å². The van der Waals surface area contributed by atoms with E-state index < -0.39 is 11.7 Å². The molecule has 0 saturated carbocycles. The molecule has 3 rings (SSSR count). The first-order valence-electron chi connectivity index (χ1n) is 9.82. The van der Waals surface area contributed by atoms with E-state index in [0.29, 0.717) is 22.5 Å². The molecule has 0 aliphatic carbocycles. The number of benzene rings is 1. The van der Waals surface area contributed by atoms with Crippen molar-refractivity contribution in [3.05, 3.63) is 59.2 Å². The maximum Gasteiger partial charge on any atom is 0.259 e. The first-order valence-corrected chi connectivity index (χ1v) is 9.82. The molecule has 0 fully saturated rings. The fraction of sp³-hybridized carbons (Fsp3) is 0.273. The van der Waals surface area contributed by atoms with Crippen LogP contribution in [0.1, 0.15) is 33.2 Å². The maximum absolute atomic E-state index is 14.6. The van der Waals surface area contributed by atoms with Crippen molar-refractivity contribution in [3.8, 4) is 11.1 Å². The van der Waals surface area contributed by atoms with Gasteiger partial charge in [0.05, 0.1) is 17.7 Å². The van der Waals surface area contributed by atoms with Gasteiger partial charge in [0.2, 0.25) is 0 Å². The Morgan fingerprint density at radius 3 is 2.62 bits per heavy atom. The molecule has 0 saturated heterocycles. The van der Waals surface area contributed by atoms with E-state index in [4.69, 9.17) is 0 Å². The number of aryl methyl sites for hydroxylation is 1. The molecule has 0 radical (unpaired) electrons. The lowest BCUT2D eigenvalue weighted by molar-refractivity contribution is 0.0827. The van der Waals surface area contributed by atoms with Gasteiger partial charge >= 0.3 is 0 Å². The van der Waals surface area contributed by atoms with Crippen molar-refractivity contribution in [1.29, 1.82) is 0 Å². The standard InChI is InChI=1S/C22H24FN5O4/c1-12-7-18(23)16(21(30)26-19-5-6-32-27-19)9-15(12)14-8-17(22(31)28(3)4)20(24-10-14)25-13(2)11-29/h5-10,13,29H,11H2,1-4H3,(H,24,25)(H,26,27,30)/t13-/m0/s1. The molecule has 0 aliphatic rings. The average Bonchev–Trinajstić information content (AvgIpc) is 3.26. The Labute approximate surface area is 184 Å². The molecular weight excluding hydrogens is 417 g/mol. The molecule has 0 aliphatic heterocycles. The number of anilines is 2. The van der Waals surface area contributed by atoms with Crippen molar-refractivity contribution in [2.45, 2.75) is 19.9 Å². The van der Waals surface area contributed by atoms with E-state index in [2.05, 4.69) is 25.3 Å². The highest BCUT2D eigenvalue weighted by molar-refractivity contribution is 6.05. The Hall–Kier alpha value is -3.79. The summed E-state index contributed by atoms with van der Waals surface area (Å²) in [6.45, 7) is 3.31. The molecule has 2 amide bonds. The lowest BCUT2D eigenvalue weighted by Crippen LogP contribution is -2.26. The number of aromatic nitrogens is 2. The monoisotopic (exact) mass is 441 g/mol. The molecule has 32 heavy (non-hydrogen) atoms. The molecule has 1 atom stereocenters. The van der Waals surface area contributed by atoms with E-state index in [-0.39, 0.29) is 35.5 Å². The molecule has 0 bridgehead atoms. The van der Waals surface area contributed by atoms with Gasteiger partial charge in [0.1, 0.15) is 17.9 Å². The molecule has 2 heterocycles. The summed E-state index contributed by atoms with van der Waals surface area (Å²) in [6.07, 6.45) is 2.81. The number of hydrogen-bond acceptors (Lipinski definition) is 7. The van der Waals surface area contributed by atoms with Crippen molar-refractivity contribution in [3.63, 3.8) is 0 Å². The van der Waals surface area contributed by atoms with Gasteiger partial charge in [-0.1, -0.05) is 5.16 Å². The number of carbonyl (C=O) groups is 2. The van der Waals surface area contributed by atoms with Crippen LogP contribution in [0.15, 0.2) is 41.2 Å². The smallest absolute Gasteiger partial charge is 0.259 e. The van der Waals surface area contributed by atoms with Crippen molar-refractivity contribution in [2.24, 2.45) is 0 Å². The summed E-state index contributed by atoms with van der Waals surface area (Å²) in [5, 5.41) is 18.4. The largest absolute Gasteiger partial charge is 0.394 e. The van der Waals surface area contributed by atoms with Gasteiger partial charge in [-0.15, -0.1) is 0 Å². The number of amides is 2. The predicted molar refractivity (Wildman–Crippen MR) is 117 cm³/mol. The number of aliphatic hydroxyl groups excluding tert-OH is 1. The van der Waals surface area contributed by atoms with E-state index in [1.165, 1.54) is 35.6 Å². The molecule has 168 valence electrons. The number of aliphatic hydroxyl groups is 1. The predicted octanol–water partition coefficient (Wildman–Crippen LogP) is 2.93. The second-order valence-electron chi connectivity index (χ2n) is 7.53. The second-order valence-corrected chi connectivity index (χ2v) is 7.53. The van der Waals surface area contributed by atoms with E-state index in [0.717, 1.165) is 0 Å². The minimum absolute atomic E-state index is 0.139. The summed E-state index contributed by atoms with van der Waals surface area (Å²) in [4.78, 5) is 31.1. The Balaban J connectivity index is 2.05. The van der Waals surface area contributed by atoms with E-state index >= 15 is 0 Å². The summed E-state index contributed by atoms with van der Waals surface area (Å²) in [5.41, 5.74) is 1.73. The third-order valence-corrected chi connectivity index (χ3v) is 4.73. The number of halogens is 1. The van der Waals surface area contributed by atoms with Crippen LogP contribution in [0.4, 0.5) is 16.0 Å². The summed E-state index contributed by atoms with van der Waals surface area (Å²) in [7, 11) is 3.23. The zero-order valence-corrected chi connectivity index (χ0v) is 18.1. The van der Waals surface area contributed by atoms with Gasteiger partial charge in [-0.25, -0.2) is 9.37 Å². The summed E-state index contributed by atoms with van der Waals surface area (Å²) in [5.74, 6) is -1.20. The van der Waals surface area contributed by atoms with Crippen molar-refractivity contribution >= 4 is 23.5 Å². The highest BCUT2D eigenvalue weighted by Gasteiger charge is 2.20. The first-order chi connectivity index (χ1) is 15.2.